The minimum Gasteiger partial charge on any atom is -0.206 e. The predicted molar refractivity (Wildman–Crippen MR) is 62.5 cm³/mol. The second kappa shape index (κ2) is 5.17. The molecule has 68 valence electrons. The second-order valence-electron chi connectivity index (χ2n) is 2.06. The highest BCUT2D eigenvalue weighted by molar-refractivity contribution is 14.2. The van der Waals surface area contributed by atoms with Gasteiger partial charge in [-0.1, -0.05) is 5.92 Å². The van der Waals surface area contributed by atoms with Gasteiger partial charge in [0.15, 0.2) is 0 Å². The molecule has 0 spiro atoms. The van der Waals surface area contributed by atoms with Gasteiger partial charge in [-0.05, 0) is 42.2 Å². The van der Waals surface area contributed by atoms with Crippen LogP contribution in [0.5, 0.6) is 0 Å². The summed E-state index contributed by atoms with van der Waals surface area (Å²) >= 11 is 4.76. The first-order chi connectivity index (χ1) is 6.15. The van der Waals surface area contributed by atoms with Crippen molar-refractivity contribution in [2.24, 2.45) is 0 Å². The Bertz CT molecular complexity index is 360. The van der Waals surface area contributed by atoms with Crippen molar-refractivity contribution in [3.8, 4) is 11.2 Å². The van der Waals surface area contributed by atoms with E-state index < -0.39 is 11.6 Å². The predicted octanol–water partition coefficient (Wildman–Crippen LogP) is 4.12. The second-order valence-corrected chi connectivity index (χ2v) is 4.53. The molecule has 0 amide bonds. The van der Waals surface area contributed by atoms with E-state index in [0.717, 1.165) is 0 Å². The molecule has 5 heteroatoms. The van der Waals surface area contributed by atoms with Crippen LogP contribution in [0.25, 0.3) is 0 Å². The number of halogens is 4. The van der Waals surface area contributed by atoms with Crippen molar-refractivity contribution < 1.29 is 8.78 Å². The van der Waals surface area contributed by atoms with Gasteiger partial charge >= 0.3 is 0 Å². The van der Waals surface area contributed by atoms with Crippen molar-refractivity contribution in [1.82, 2.24) is 0 Å². The fourth-order valence-electron chi connectivity index (χ4n) is 0.706. The molecule has 0 saturated carbocycles. The van der Waals surface area contributed by atoms with Gasteiger partial charge in [-0.2, -0.15) is 0 Å². The van der Waals surface area contributed by atoms with Gasteiger partial charge in [-0.25, -0.2) is 8.78 Å². The summed E-state index contributed by atoms with van der Waals surface area (Å²) < 4.78 is 25.7. The highest BCUT2D eigenvalue weighted by Gasteiger charge is 2.06. The quantitative estimate of drug-likeness (QED) is 0.374. The topological polar surface area (TPSA) is 0 Å². The zero-order chi connectivity index (χ0) is 9.84. The molecule has 0 heterocycles. The summed E-state index contributed by atoms with van der Waals surface area (Å²) in [7, 11) is 1.26. The molecule has 0 aliphatic heterocycles. The Kier molecular flexibility index (Phi) is 4.49. The van der Waals surface area contributed by atoms with Crippen molar-refractivity contribution in [1.29, 1.82) is 0 Å². The van der Waals surface area contributed by atoms with Gasteiger partial charge in [0, 0.05) is 26.8 Å². The Morgan fingerprint density at radius 2 is 1.85 bits per heavy atom. The summed E-state index contributed by atoms with van der Waals surface area (Å²) in [5, 5.41) is 2.64. The zero-order valence-corrected chi connectivity index (χ0v) is 10.6. The van der Waals surface area contributed by atoms with Crippen LogP contribution in [0.15, 0.2) is 16.6 Å². The summed E-state index contributed by atoms with van der Waals surface area (Å²) in [6.45, 7) is 0. The Hall–Kier alpha value is 0.200. The Labute approximate surface area is 99.2 Å². The molecule has 0 aliphatic rings. The molecular weight excluding hydrogens is 373 g/mol. The van der Waals surface area contributed by atoms with Crippen LogP contribution in [0, 0.1) is 22.8 Å². The lowest BCUT2D eigenvalue weighted by atomic mass is 10.2. The van der Waals surface area contributed by atoms with Crippen LogP contribution in [0.4, 0.5) is 8.78 Å². The number of benzene rings is 1. The van der Waals surface area contributed by atoms with Crippen molar-refractivity contribution in [2.45, 2.75) is 0 Å². The molecule has 0 unspecified atom stereocenters. The average Bonchev–Trinajstić information content (AvgIpc) is 2.10. The minimum atomic E-state index is -0.636. The third kappa shape index (κ3) is 3.11. The molecular formula is C8H2BrF2IS. The number of hydrogen-bond acceptors (Lipinski definition) is 1. The molecule has 0 radical (unpaired) electrons. The van der Waals surface area contributed by atoms with Crippen LogP contribution in [0.3, 0.4) is 0 Å². The van der Waals surface area contributed by atoms with E-state index in [1.807, 2.05) is 21.2 Å². The fourth-order valence-corrected chi connectivity index (χ4v) is 1.42. The van der Waals surface area contributed by atoms with Gasteiger partial charge in [0.05, 0.1) is 4.47 Å². The molecule has 1 aromatic rings. The van der Waals surface area contributed by atoms with Gasteiger partial charge in [-0.3, -0.25) is 0 Å². The third-order valence-electron chi connectivity index (χ3n) is 1.22. The summed E-state index contributed by atoms with van der Waals surface area (Å²) in [6.07, 6.45) is 0. The van der Waals surface area contributed by atoms with Crippen molar-refractivity contribution in [3.63, 3.8) is 0 Å². The molecule has 0 nitrogen and oxygen atoms in total. The normalized spacial score (nSPS) is 9.23. The van der Waals surface area contributed by atoms with Gasteiger partial charge in [0.25, 0.3) is 0 Å². The third-order valence-corrected chi connectivity index (χ3v) is 2.82. The lowest BCUT2D eigenvalue weighted by Crippen LogP contribution is -1.86. The van der Waals surface area contributed by atoms with Crippen LogP contribution in [0.1, 0.15) is 5.56 Å². The first kappa shape index (κ1) is 11.3. The molecule has 0 bridgehead atoms. The van der Waals surface area contributed by atoms with Crippen molar-refractivity contribution in [3.05, 3.63) is 33.8 Å². The number of rotatable bonds is 0. The molecule has 0 aromatic heterocycles. The van der Waals surface area contributed by atoms with Crippen LogP contribution in [0.2, 0.25) is 0 Å². The molecule has 1 aromatic carbocycles. The van der Waals surface area contributed by atoms with Crippen molar-refractivity contribution in [2.75, 3.05) is 0 Å². The first-order valence-corrected chi connectivity index (χ1v) is 7.23. The molecule has 1 rings (SSSR count). The largest absolute Gasteiger partial charge is 0.206 e. The molecule has 13 heavy (non-hydrogen) atoms. The van der Waals surface area contributed by atoms with E-state index >= 15 is 0 Å². The lowest BCUT2D eigenvalue weighted by molar-refractivity contribution is 0.571. The summed E-state index contributed by atoms with van der Waals surface area (Å²) in [6, 6.07) is 2.38. The Morgan fingerprint density at radius 1 is 1.31 bits per heavy atom. The van der Waals surface area contributed by atoms with E-state index in [2.05, 4.69) is 27.1 Å². The van der Waals surface area contributed by atoms with E-state index in [4.69, 9.17) is 0 Å². The van der Waals surface area contributed by atoms with Crippen LogP contribution >= 0.6 is 46.1 Å². The van der Waals surface area contributed by atoms with Gasteiger partial charge in [-0.15, -0.1) is 0 Å². The van der Waals surface area contributed by atoms with E-state index in [9.17, 15) is 8.78 Å². The lowest BCUT2D eigenvalue weighted by Gasteiger charge is -1.96. The van der Waals surface area contributed by atoms with Crippen LogP contribution in [-0.4, -0.2) is 0 Å². The standard InChI is InChI=1S/C8H2BrF2IS/c9-8-6(10)3-5(1-2-13-12)4-7(8)11/h3-4H. The molecule has 0 N–H and O–H groups in total. The van der Waals surface area contributed by atoms with Crippen molar-refractivity contribution >= 4 is 46.1 Å². The van der Waals surface area contributed by atoms with Gasteiger partial charge < -0.3 is 0 Å². The van der Waals surface area contributed by atoms with Gasteiger partial charge in [0.1, 0.15) is 11.6 Å². The SMILES string of the molecule is Fc1cc(C#CSI)cc(F)c1Br. The maximum atomic E-state index is 12.9. The zero-order valence-electron chi connectivity index (χ0n) is 6.07. The Balaban J connectivity index is 3.13. The van der Waals surface area contributed by atoms with Gasteiger partial charge in [0.2, 0.25) is 0 Å². The summed E-state index contributed by atoms with van der Waals surface area (Å²) in [4.78, 5) is 0. The van der Waals surface area contributed by atoms with Crippen LogP contribution in [-0.2, 0) is 0 Å². The summed E-state index contributed by atoms with van der Waals surface area (Å²) in [5.41, 5.74) is 0.336. The van der Waals surface area contributed by atoms with E-state index in [1.165, 1.54) is 21.1 Å². The minimum absolute atomic E-state index is 0.153. The number of hydrogen-bond donors (Lipinski definition) is 0. The highest BCUT2D eigenvalue weighted by atomic mass is 127. The molecule has 0 fully saturated rings. The molecule has 0 saturated heterocycles. The Morgan fingerprint density at radius 3 is 2.31 bits per heavy atom. The maximum Gasteiger partial charge on any atom is 0.141 e. The molecule has 0 aliphatic carbocycles. The fraction of sp³-hybridized carbons (Fsp3) is 0. The van der Waals surface area contributed by atoms with E-state index in [-0.39, 0.29) is 4.47 Å². The maximum absolute atomic E-state index is 12.9. The van der Waals surface area contributed by atoms with E-state index in [0.29, 0.717) is 5.56 Å². The monoisotopic (exact) mass is 374 g/mol. The summed E-state index contributed by atoms with van der Waals surface area (Å²) in [5.74, 6) is 1.34. The highest BCUT2D eigenvalue weighted by Crippen LogP contribution is 2.20. The average molecular weight is 375 g/mol. The van der Waals surface area contributed by atoms with E-state index in [1.54, 1.807) is 0 Å². The first-order valence-electron chi connectivity index (χ1n) is 3.08. The smallest absolute Gasteiger partial charge is 0.141 e. The van der Waals surface area contributed by atoms with Crippen LogP contribution < -0.4 is 0 Å². The molecule has 0 atom stereocenters.